The molecule has 1 aromatic heterocycles. The van der Waals surface area contributed by atoms with Crippen molar-refractivity contribution in [1.82, 2.24) is 10.6 Å². The fourth-order valence-corrected chi connectivity index (χ4v) is 4.51. The van der Waals surface area contributed by atoms with Gasteiger partial charge in [-0.25, -0.2) is 4.79 Å². The lowest BCUT2D eigenvalue weighted by atomic mass is 10.0. The average Bonchev–Trinajstić information content (AvgIpc) is 3.45. The molecule has 1 heterocycles. The Kier molecular flexibility index (Phi) is 9.77. The van der Waals surface area contributed by atoms with Crippen LogP contribution in [0, 0.1) is 6.92 Å². The van der Waals surface area contributed by atoms with Crippen LogP contribution < -0.4 is 10.6 Å². The first kappa shape index (κ1) is 29.1. The first-order chi connectivity index (χ1) is 19.3. The van der Waals surface area contributed by atoms with Gasteiger partial charge in [-0.05, 0) is 73.9 Å². The molecule has 0 radical (unpaired) electrons. The molecule has 1 amide bonds. The molecule has 2 atom stereocenters. The number of aliphatic hydroxyl groups is 1. The molecule has 7 nitrogen and oxygen atoms in total. The topological polar surface area (TPSA) is 101 Å². The standard InChI is InChI=1S/C32H33ClN2O5/c1-20-4-8-23(9-5-20)21(2)34-18-27-13-15-30(40-27)25-12-14-29(33)28(17-25)31(37)35-26(19-36)16-22-6-10-24(11-7-22)32(38)39-3/h4-15,17,21,26,34,36H,16,18-19H2,1-3H3,(H,35,37). The van der Waals surface area contributed by atoms with E-state index in [1.54, 1.807) is 42.5 Å². The number of ether oxygens (including phenoxy) is 1. The summed E-state index contributed by atoms with van der Waals surface area (Å²) in [5, 5.41) is 16.5. The highest BCUT2D eigenvalue weighted by atomic mass is 35.5. The Balaban J connectivity index is 1.40. The van der Waals surface area contributed by atoms with E-state index in [4.69, 9.17) is 20.8 Å². The lowest BCUT2D eigenvalue weighted by Crippen LogP contribution is -2.39. The molecule has 40 heavy (non-hydrogen) atoms. The number of aryl methyl sites for hydroxylation is 1. The van der Waals surface area contributed by atoms with E-state index in [1.165, 1.54) is 18.2 Å². The van der Waals surface area contributed by atoms with Gasteiger partial charge in [0.05, 0.1) is 42.5 Å². The Labute approximate surface area is 239 Å². The van der Waals surface area contributed by atoms with Crippen LogP contribution in [-0.2, 0) is 17.7 Å². The fraction of sp³-hybridized carbons (Fsp3) is 0.250. The molecule has 0 saturated carbocycles. The normalized spacial score (nSPS) is 12.5. The highest BCUT2D eigenvalue weighted by molar-refractivity contribution is 6.34. The van der Waals surface area contributed by atoms with Gasteiger partial charge in [0.15, 0.2) is 0 Å². The summed E-state index contributed by atoms with van der Waals surface area (Å²) >= 11 is 6.38. The number of carbonyl (C=O) groups excluding carboxylic acids is 2. The van der Waals surface area contributed by atoms with Crippen LogP contribution in [0.1, 0.15) is 56.1 Å². The van der Waals surface area contributed by atoms with Crippen molar-refractivity contribution in [2.45, 2.75) is 38.9 Å². The number of rotatable bonds is 11. The van der Waals surface area contributed by atoms with Crippen LogP contribution in [0.25, 0.3) is 11.3 Å². The number of benzene rings is 3. The van der Waals surface area contributed by atoms with Crippen molar-refractivity contribution in [2.24, 2.45) is 0 Å². The minimum absolute atomic E-state index is 0.158. The van der Waals surface area contributed by atoms with Crippen molar-refractivity contribution < 1.29 is 23.8 Å². The molecule has 3 aromatic carbocycles. The number of halogens is 1. The predicted octanol–water partition coefficient (Wildman–Crippen LogP) is 5.88. The Morgan fingerprint density at radius 2 is 1.73 bits per heavy atom. The number of methoxy groups -OCH3 is 1. The van der Waals surface area contributed by atoms with Gasteiger partial charge in [0.2, 0.25) is 0 Å². The van der Waals surface area contributed by atoms with E-state index in [1.807, 2.05) is 12.1 Å². The Hall–Kier alpha value is -3.91. The summed E-state index contributed by atoms with van der Waals surface area (Å²) in [7, 11) is 1.32. The van der Waals surface area contributed by atoms with Crippen molar-refractivity contribution >= 4 is 23.5 Å². The van der Waals surface area contributed by atoms with Gasteiger partial charge in [-0.2, -0.15) is 0 Å². The molecule has 3 N–H and O–H groups in total. The predicted molar refractivity (Wildman–Crippen MR) is 155 cm³/mol. The Bertz CT molecular complexity index is 1450. The highest BCUT2D eigenvalue weighted by Gasteiger charge is 2.18. The molecule has 0 aliphatic carbocycles. The number of hydrogen-bond donors (Lipinski definition) is 3. The summed E-state index contributed by atoms with van der Waals surface area (Å²) in [6.07, 6.45) is 0.372. The second kappa shape index (κ2) is 13.4. The van der Waals surface area contributed by atoms with E-state index in [9.17, 15) is 14.7 Å². The maximum Gasteiger partial charge on any atom is 0.337 e. The summed E-state index contributed by atoms with van der Waals surface area (Å²) in [4.78, 5) is 24.8. The van der Waals surface area contributed by atoms with Gasteiger partial charge in [0.25, 0.3) is 5.91 Å². The molecule has 4 aromatic rings. The molecular weight excluding hydrogens is 528 g/mol. The van der Waals surface area contributed by atoms with E-state index >= 15 is 0 Å². The minimum Gasteiger partial charge on any atom is -0.465 e. The summed E-state index contributed by atoms with van der Waals surface area (Å²) in [5.74, 6) is 0.561. The third-order valence-electron chi connectivity index (χ3n) is 6.73. The number of carbonyl (C=O) groups is 2. The van der Waals surface area contributed by atoms with Crippen molar-refractivity contribution in [2.75, 3.05) is 13.7 Å². The highest BCUT2D eigenvalue weighted by Crippen LogP contribution is 2.27. The van der Waals surface area contributed by atoms with Gasteiger partial charge in [-0.3, -0.25) is 4.79 Å². The first-order valence-corrected chi connectivity index (χ1v) is 13.4. The molecule has 8 heteroatoms. The molecule has 0 aliphatic heterocycles. The van der Waals surface area contributed by atoms with Crippen LogP contribution in [0.15, 0.2) is 83.3 Å². The van der Waals surface area contributed by atoms with Crippen LogP contribution in [0.4, 0.5) is 0 Å². The molecule has 0 spiro atoms. The van der Waals surface area contributed by atoms with Gasteiger partial charge in [0, 0.05) is 11.6 Å². The SMILES string of the molecule is COC(=O)c1ccc(CC(CO)NC(=O)c2cc(-c3ccc(CNC(C)c4ccc(C)cc4)o3)ccc2Cl)cc1. The molecule has 208 valence electrons. The largest absolute Gasteiger partial charge is 0.465 e. The van der Waals surface area contributed by atoms with E-state index in [0.29, 0.717) is 34.9 Å². The van der Waals surface area contributed by atoms with E-state index in [2.05, 4.69) is 48.7 Å². The quantitative estimate of drug-likeness (QED) is 0.198. The molecule has 4 rings (SSSR count). The zero-order valence-electron chi connectivity index (χ0n) is 22.7. The third kappa shape index (κ3) is 7.39. The van der Waals surface area contributed by atoms with Gasteiger partial charge in [-0.1, -0.05) is 53.6 Å². The maximum atomic E-state index is 13.1. The number of aliphatic hydroxyl groups excluding tert-OH is 1. The number of esters is 1. The van der Waals surface area contributed by atoms with E-state index in [-0.39, 0.29) is 18.2 Å². The van der Waals surface area contributed by atoms with E-state index < -0.39 is 17.9 Å². The van der Waals surface area contributed by atoms with Crippen LogP contribution in [0.5, 0.6) is 0 Å². The monoisotopic (exact) mass is 560 g/mol. The zero-order valence-corrected chi connectivity index (χ0v) is 23.5. The van der Waals surface area contributed by atoms with Gasteiger partial charge in [-0.15, -0.1) is 0 Å². The number of nitrogens with one attached hydrogen (secondary N) is 2. The second-order valence-corrected chi connectivity index (χ2v) is 10.1. The first-order valence-electron chi connectivity index (χ1n) is 13.0. The van der Waals surface area contributed by atoms with Gasteiger partial charge >= 0.3 is 5.97 Å². The zero-order chi connectivity index (χ0) is 28.6. The smallest absolute Gasteiger partial charge is 0.337 e. The van der Waals surface area contributed by atoms with Crippen molar-refractivity contribution in [3.05, 3.63) is 117 Å². The Morgan fingerprint density at radius 3 is 2.40 bits per heavy atom. The Morgan fingerprint density at radius 1 is 1.00 bits per heavy atom. The van der Waals surface area contributed by atoms with Gasteiger partial charge in [0.1, 0.15) is 11.5 Å². The van der Waals surface area contributed by atoms with Crippen LogP contribution in [0.2, 0.25) is 5.02 Å². The molecule has 0 aliphatic rings. The second-order valence-electron chi connectivity index (χ2n) is 9.72. The lowest BCUT2D eigenvalue weighted by molar-refractivity contribution is 0.0600. The van der Waals surface area contributed by atoms with E-state index in [0.717, 1.165) is 11.3 Å². The number of furan rings is 1. The number of amides is 1. The van der Waals surface area contributed by atoms with Crippen LogP contribution in [0.3, 0.4) is 0 Å². The maximum absolute atomic E-state index is 13.1. The van der Waals surface area contributed by atoms with Crippen LogP contribution >= 0.6 is 11.6 Å². The summed E-state index contributed by atoms with van der Waals surface area (Å²) in [6.45, 7) is 4.46. The number of hydrogen-bond acceptors (Lipinski definition) is 6. The molecular formula is C32H33ClN2O5. The summed E-state index contributed by atoms with van der Waals surface area (Å²) in [6, 6.07) is 23.8. The minimum atomic E-state index is -0.548. The summed E-state index contributed by atoms with van der Waals surface area (Å²) < 4.78 is 10.8. The van der Waals surface area contributed by atoms with Crippen molar-refractivity contribution in [3.8, 4) is 11.3 Å². The fourth-order valence-electron chi connectivity index (χ4n) is 4.31. The molecule has 0 fully saturated rings. The van der Waals surface area contributed by atoms with Crippen molar-refractivity contribution in [3.63, 3.8) is 0 Å². The van der Waals surface area contributed by atoms with Crippen molar-refractivity contribution in [1.29, 1.82) is 0 Å². The lowest BCUT2D eigenvalue weighted by Gasteiger charge is -2.17. The third-order valence-corrected chi connectivity index (χ3v) is 7.06. The summed E-state index contributed by atoms with van der Waals surface area (Å²) in [5.41, 5.74) is 4.69. The van der Waals surface area contributed by atoms with Crippen LogP contribution in [-0.4, -0.2) is 36.7 Å². The van der Waals surface area contributed by atoms with Gasteiger partial charge < -0.3 is 24.9 Å². The molecule has 0 bridgehead atoms. The molecule has 2 unspecified atom stereocenters. The molecule has 0 saturated heterocycles. The average molecular weight is 561 g/mol.